The number of anilines is 1. The molecule has 2 aromatic rings. The molecule has 4 nitrogen and oxygen atoms in total. The lowest BCUT2D eigenvalue weighted by molar-refractivity contribution is 0.474. The summed E-state index contributed by atoms with van der Waals surface area (Å²) in [5, 5.41) is 21.0. The lowest BCUT2D eigenvalue weighted by Gasteiger charge is -2.12. The molecule has 1 atom stereocenters. The highest BCUT2D eigenvalue weighted by Gasteiger charge is 2.07. The number of hydrogen-bond donors (Lipinski definition) is 2. The van der Waals surface area contributed by atoms with Gasteiger partial charge in [-0.05, 0) is 24.6 Å². The molecule has 1 unspecified atom stereocenters. The highest BCUT2D eigenvalue weighted by molar-refractivity contribution is 7.13. The normalized spacial score (nSPS) is 12.3. The Hall–Kier alpha value is -1.62. The average Bonchev–Trinajstić information content (AvgIpc) is 2.70. The summed E-state index contributed by atoms with van der Waals surface area (Å²) >= 11 is 1.45. The van der Waals surface area contributed by atoms with Gasteiger partial charge < -0.3 is 10.4 Å². The fraction of sp³-hybridized carbons (Fsp3) is 0.200. The highest BCUT2D eigenvalue weighted by atomic mass is 32.1. The van der Waals surface area contributed by atoms with Crippen molar-refractivity contribution < 1.29 is 5.11 Å². The second-order valence-electron chi connectivity index (χ2n) is 3.20. The molecule has 0 amide bonds. The molecule has 0 aliphatic rings. The van der Waals surface area contributed by atoms with Crippen molar-refractivity contribution in [2.75, 3.05) is 5.32 Å². The standard InChI is InChI=1S/C10H11N3OS/c1-7(12-10-13-11-6-15-10)8-3-2-4-9(14)5-8/h2-7,14H,1H3,(H,12,13). The third-order valence-corrected chi connectivity index (χ3v) is 2.69. The SMILES string of the molecule is CC(Nc1nncs1)c1cccc(O)c1. The molecule has 1 aromatic heterocycles. The van der Waals surface area contributed by atoms with Crippen molar-refractivity contribution in [1.82, 2.24) is 10.2 Å². The van der Waals surface area contributed by atoms with E-state index < -0.39 is 0 Å². The summed E-state index contributed by atoms with van der Waals surface area (Å²) in [6.45, 7) is 2.01. The zero-order valence-electron chi connectivity index (χ0n) is 8.21. The summed E-state index contributed by atoms with van der Waals surface area (Å²) in [5.74, 6) is 0.276. The van der Waals surface area contributed by atoms with Crippen LogP contribution in [-0.2, 0) is 0 Å². The summed E-state index contributed by atoms with van der Waals surface area (Å²) in [6.07, 6.45) is 0. The van der Waals surface area contributed by atoms with Crippen LogP contribution in [0, 0.1) is 0 Å². The van der Waals surface area contributed by atoms with E-state index >= 15 is 0 Å². The predicted molar refractivity (Wildman–Crippen MR) is 60.1 cm³/mol. The molecule has 5 heteroatoms. The Morgan fingerprint density at radius 3 is 3.00 bits per heavy atom. The quantitative estimate of drug-likeness (QED) is 0.835. The molecule has 15 heavy (non-hydrogen) atoms. The number of aromatic nitrogens is 2. The molecule has 78 valence electrons. The number of phenols is 1. The van der Waals surface area contributed by atoms with Crippen molar-refractivity contribution in [3.8, 4) is 5.75 Å². The molecular formula is C10H11N3OS. The lowest BCUT2D eigenvalue weighted by Crippen LogP contribution is -2.05. The van der Waals surface area contributed by atoms with Crippen LogP contribution < -0.4 is 5.32 Å². The van der Waals surface area contributed by atoms with E-state index in [4.69, 9.17) is 0 Å². The molecule has 0 aliphatic heterocycles. The van der Waals surface area contributed by atoms with Crippen LogP contribution in [0.2, 0.25) is 0 Å². The predicted octanol–water partition coefficient (Wildman–Crippen LogP) is 2.42. The molecule has 0 aliphatic carbocycles. The average molecular weight is 221 g/mol. The number of benzene rings is 1. The maximum absolute atomic E-state index is 9.33. The van der Waals surface area contributed by atoms with Crippen LogP contribution in [0.1, 0.15) is 18.5 Å². The zero-order chi connectivity index (χ0) is 10.7. The summed E-state index contributed by atoms with van der Waals surface area (Å²) < 4.78 is 0. The molecule has 0 fully saturated rings. The van der Waals surface area contributed by atoms with Gasteiger partial charge in [0, 0.05) is 0 Å². The van der Waals surface area contributed by atoms with E-state index in [9.17, 15) is 5.11 Å². The Kier molecular flexibility index (Phi) is 2.82. The van der Waals surface area contributed by atoms with E-state index in [2.05, 4.69) is 15.5 Å². The van der Waals surface area contributed by atoms with Crippen LogP contribution in [0.25, 0.3) is 0 Å². The smallest absolute Gasteiger partial charge is 0.205 e. The fourth-order valence-electron chi connectivity index (χ4n) is 1.30. The van der Waals surface area contributed by atoms with E-state index in [0.29, 0.717) is 0 Å². The van der Waals surface area contributed by atoms with Gasteiger partial charge in [-0.25, -0.2) is 0 Å². The molecule has 0 spiro atoms. The van der Waals surface area contributed by atoms with E-state index in [-0.39, 0.29) is 11.8 Å². The highest BCUT2D eigenvalue weighted by Crippen LogP contribution is 2.22. The van der Waals surface area contributed by atoms with Gasteiger partial charge in [-0.3, -0.25) is 0 Å². The van der Waals surface area contributed by atoms with Gasteiger partial charge in [0.15, 0.2) is 0 Å². The van der Waals surface area contributed by atoms with Gasteiger partial charge >= 0.3 is 0 Å². The molecular weight excluding hydrogens is 210 g/mol. The largest absolute Gasteiger partial charge is 0.508 e. The van der Waals surface area contributed by atoms with Gasteiger partial charge in [0.05, 0.1) is 6.04 Å². The van der Waals surface area contributed by atoms with Crippen molar-refractivity contribution >= 4 is 16.5 Å². The molecule has 0 bridgehead atoms. The minimum absolute atomic E-state index is 0.102. The van der Waals surface area contributed by atoms with E-state index in [1.807, 2.05) is 19.1 Å². The first-order valence-corrected chi connectivity index (χ1v) is 5.45. The van der Waals surface area contributed by atoms with E-state index in [0.717, 1.165) is 10.7 Å². The summed E-state index contributed by atoms with van der Waals surface area (Å²) in [5.41, 5.74) is 2.70. The number of nitrogens with zero attached hydrogens (tertiary/aromatic N) is 2. The second-order valence-corrected chi connectivity index (χ2v) is 4.04. The fourth-order valence-corrected chi connectivity index (χ4v) is 1.83. The molecule has 1 heterocycles. The molecule has 2 rings (SSSR count). The Labute approximate surface area is 91.6 Å². The molecule has 0 saturated carbocycles. The van der Waals surface area contributed by atoms with Crippen molar-refractivity contribution in [3.05, 3.63) is 35.3 Å². The van der Waals surface area contributed by atoms with Crippen molar-refractivity contribution in [3.63, 3.8) is 0 Å². The Morgan fingerprint density at radius 2 is 2.33 bits per heavy atom. The minimum atomic E-state index is 0.102. The van der Waals surface area contributed by atoms with Gasteiger partial charge in [0.2, 0.25) is 5.13 Å². The van der Waals surface area contributed by atoms with Gasteiger partial charge in [-0.15, -0.1) is 10.2 Å². The first kappa shape index (κ1) is 9.92. The number of aromatic hydroxyl groups is 1. The summed E-state index contributed by atoms with van der Waals surface area (Å²) in [4.78, 5) is 0. The summed E-state index contributed by atoms with van der Waals surface area (Å²) in [6, 6.07) is 7.27. The van der Waals surface area contributed by atoms with Crippen LogP contribution in [0.15, 0.2) is 29.8 Å². The first-order chi connectivity index (χ1) is 7.25. The minimum Gasteiger partial charge on any atom is -0.508 e. The van der Waals surface area contributed by atoms with Gasteiger partial charge in [-0.1, -0.05) is 23.5 Å². The van der Waals surface area contributed by atoms with Gasteiger partial charge in [-0.2, -0.15) is 0 Å². The zero-order valence-corrected chi connectivity index (χ0v) is 9.03. The van der Waals surface area contributed by atoms with E-state index in [1.54, 1.807) is 17.6 Å². The number of hydrogen-bond acceptors (Lipinski definition) is 5. The Morgan fingerprint density at radius 1 is 1.47 bits per heavy atom. The Bertz CT molecular complexity index is 430. The lowest BCUT2D eigenvalue weighted by atomic mass is 10.1. The summed E-state index contributed by atoms with van der Waals surface area (Å²) in [7, 11) is 0. The molecule has 0 saturated heterocycles. The molecule has 0 radical (unpaired) electrons. The van der Waals surface area contributed by atoms with Crippen LogP contribution >= 0.6 is 11.3 Å². The Balaban J connectivity index is 2.11. The monoisotopic (exact) mass is 221 g/mol. The van der Waals surface area contributed by atoms with Crippen molar-refractivity contribution in [2.24, 2.45) is 0 Å². The third-order valence-electron chi connectivity index (χ3n) is 2.07. The van der Waals surface area contributed by atoms with Crippen LogP contribution in [0.3, 0.4) is 0 Å². The molecule has 2 N–H and O–H groups in total. The number of nitrogens with one attached hydrogen (secondary N) is 1. The van der Waals surface area contributed by atoms with E-state index in [1.165, 1.54) is 11.3 Å². The number of phenolic OH excluding ortho intramolecular Hbond substituents is 1. The van der Waals surface area contributed by atoms with Crippen LogP contribution in [0.5, 0.6) is 5.75 Å². The third kappa shape index (κ3) is 2.44. The second kappa shape index (κ2) is 4.27. The first-order valence-electron chi connectivity index (χ1n) is 4.57. The van der Waals surface area contributed by atoms with Crippen molar-refractivity contribution in [1.29, 1.82) is 0 Å². The molecule has 1 aromatic carbocycles. The van der Waals surface area contributed by atoms with Gasteiger partial charge in [0.25, 0.3) is 0 Å². The maximum atomic E-state index is 9.33. The van der Waals surface area contributed by atoms with Crippen LogP contribution in [-0.4, -0.2) is 15.3 Å². The topological polar surface area (TPSA) is 58.0 Å². The van der Waals surface area contributed by atoms with Crippen LogP contribution in [0.4, 0.5) is 5.13 Å². The van der Waals surface area contributed by atoms with Crippen molar-refractivity contribution in [2.45, 2.75) is 13.0 Å². The number of rotatable bonds is 3. The van der Waals surface area contributed by atoms with Gasteiger partial charge in [0.1, 0.15) is 11.3 Å². The maximum Gasteiger partial charge on any atom is 0.205 e.